The number of aryl methyl sites for hydroxylation is 3. The molecule has 0 spiro atoms. The van der Waals surface area contributed by atoms with Crippen molar-refractivity contribution in [1.82, 2.24) is 9.13 Å². The minimum atomic E-state index is 0.277. The molecule has 38 heavy (non-hydrogen) atoms. The molecular formula is C34H26N3Se+. The molecule has 8 rings (SSSR count). The maximum atomic E-state index is 2.45. The van der Waals surface area contributed by atoms with Crippen LogP contribution >= 0.6 is 0 Å². The Balaban J connectivity index is 1.53. The van der Waals surface area contributed by atoms with Crippen LogP contribution in [-0.2, 0) is 14.1 Å². The molecule has 0 fully saturated rings. The van der Waals surface area contributed by atoms with Crippen LogP contribution in [-0.4, -0.2) is 23.6 Å². The molecule has 0 N–H and O–H groups in total. The Morgan fingerprint density at radius 3 is 2.00 bits per heavy atom. The molecule has 4 heteroatoms. The van der Waals surface area contributed by atoms with Gasteiger partial charge in [0, 0.05) is 0 Å². The molecule has 4 aromatic carbocycles. The van der Waals surface area contributed by atoms with Crippen molar-refractivity contribution in [2.45, 2.75) is 6.92 Å². The molecule has 0 aliphatic heterocycles. The molecule has 4 aromatic heterocycles. The van der Waals surface area contributed by atoms with E-state index in [2.05, 4.69) is 138 Å². The Morgan fingerprint density at radius 2 is 1.29 bits per heavy atom. The first-order valence-electron chi connectivity index (χ1n) is 13.0. The number of nitrogens with zero attached hydrogens (tertiary/aromatic N) is 3. The summed E-state index contributed by atoms with van der Waals surface area (Å²) in [4.78, 5) is 0. The van der Waals surface area contributed by atoms with Crippen molar-refractivity contribution in [1.29, 1.82) is 0 Å². The third-order valence-corrected chi connectivity index (χ3v) is 10.8. The Morgan fingerprint density at radius 1 is 0.658 bits per heavy atom. The van der Waals surface area contributed by atoms with E-state index in [1.54, 1.807) is 0 Å². The van der Waals surface area contributed by atoms with Gasteiger partial charge in [-0.1, -0.05) is 0 Å². The zero-order valence-electron chi connectivity index (χ0n) is 21.6. The van der Waals surface area contributed by atoms with Gasteiger partial charge < -0.3 is 0 Å². The third-order valence-electron chi connectivity index (χ3n) is 8.16. The Labute approximate surface area is 226 Å². The van der Waals surface area contributed by atoms with Crippen LogP contribution in [0.1, 0.15) is 5.56 Å². The molecule has 0 unspecified atom stereocenters. The van der Waals surface area contributed by atoms with Gasteiger partial charge in [-0.15, -0.1) is 0 Å². The van der Waals surface area contributed by atoms with Crippen molar-refractivity contribution in [2.24, 2.45) is 14.1 Å². The van der Waals surface area contributed by atoms with E-state index in [1.807, 2.05) is 0 Å². The molecule has 4 heterocycles. The van der Waals surface area contributed by atoms with E-state index in [-0.39, 0.29) is 14.5 Å². The number of aromatic nitrogens is 3. The van der Waals surface area contributed by atoms with Gasteiger partial charge in [-0.2, -0.15) is 0 Å². The van der Waals surface area contributed by atoms with Gasteiger partial charge in [-0.25, -0.2) is 0 Å². The fourth-order valence-electron chi connectivity index (χ4n) is 6.43. The van der Waals surface area contributed by atoms with Crippen LogP contribution in [0.25, 0.3) is 69.1 Å². The molecule has 3 nitrogen and oxygen atoms in total. The average molecular weight is 556 g/mol. The molecule has 0 amide bonds. The van der Waals surface area contributed by atoms with Crippen LogP contribution < -0.4 is 4.57 Å². The van der Waals surface area contributed by atoms with Gasteiger partial charge in [0.25, 0.3) is 0 Å². The summed E-state index contributed by atoms with van der Waals surface area (Å²) in [6, 6.07) is 35.5. The number of hydrogen-bond acceptors (Lipinski definition) is 0. The Hall–Kier alpha value is -4.11. The molecule has 0 saturated carbocycles. The summed E-state index contributed by atoms with van der Waals surface area (Å²) < 4.78 is 10.2. The van der Waals surface area contributed by atoms with Gasteiger partial charge in [0.2, 0.25) is 0 Å². The van der Waals surface area contributed by atoms with E-state index in [4.69, 9.17) is 0 Å². The topological polar surface area (TPSA) is 13.7 Å². The van der Waals surface area contributed by atoms with Crippen molar-refractivity contribution in [3.8, 4) is 15.8 Å². The standard InChI is InChI=1S/C34H26N3Se/c1-21-22-11-6-9-18-30(22)38-34(21)33-31-25-14-10-17-29(32(25)36(3)28(31)19-20-35(33)2)37-26-15-7-4-12-23(26)24-13-5-8-16-27(24)37/h4-20H,1-3H3/q+1. The molecule has 8 aromatic rings. The van der Waals surface area contributed by atoms with Crippen LogP contribution in [0.3, 0.4) is 0 Å². The van der Waals surface area contributed by atoms with Gasteiger partial charge >= 0.3 is 227 Å². The zero-order chi connectivity index (χ0) is 25.5. The van der Waals surface area contributed by atoms with Crippen molar-refractivity contribution < 1.29 is 4.57 Å². The first kappa shape index (κ1) is 21.9. The molecular weight excluding hydrogens is 529 g/mol. The van der Waals surface area contributed by atoms with Gasteiger partial charge in [0.15, 0.2) is 0 Å². The summed E-state index contributed by atoms with van der Waals surface area (Å²) in [5.41, 5.74) is 9.00. The monoisotopic (exact) mass is 556 g/mol. The van der Waals surface area contributed by atoms with Gasteiger partial charge in [0.1, 0.15) is 0 Å². The summed E-state index contributed by atoms with van der Waals surface area (Å²) in [7, 11) is 4.42. The predicted octanol–water partition coefficient (Wildman–Crippen LogP) is 7.44. The number of rotatable bonds is 2. The number of para-hydroxylation sites is 3. The van der Waals surface area contributed by atoms with E-state index in [0.717, 1.165) is 0 Å². The summed E-state index contributed by atoms with van der Waals surface area (Å²) in [6.07, 6.45) is 2.23. The van der Waals surface area contributed by atoms with E-state index in [9.17, 15) is 0 Å². The Bertz CT molecular complexity index is 2170. The number of benzene rings is 4. The summed E-state index contributed by atoms with van der Waals surface area (Å²) in [6.45, 7) is 2.30. The fourth-order valence-corrected chi connectivity index (χ4v) is 9.16. The molecule has 0 aliphatic rings. The number of pyridine rings is 1. The van der Waals surface area contributed by atoms with E-state index in [0.29, 0.717) is 0 Å². The summed E-state index contributed by atoms with van der Waals surface area (Å²) in [5.74, 6) is 0. The maximum absolute atomic E-state index is 2.45. The van der Waals surface area contributed by atoms with Crippen LogP contribution in [0.4, 0.5) is 0 Å². The zero-order valence-corrected chi connectivity index (χ0v) is 23.3. The van der Waals surface area contributed by atoms with Crippen molar-refractivity contribution in [3.63, 3.8) is 0 Å². The average Bonchev–Trinajstić information content (AvgIpc) is 3.57. The van der Waals surface area contributed by atoms with Crippen molar-refractivity contribution >= 4 is 67.8 Å². The SMILES string of the molecule is Cc1c(-c2c3c4cccc(-n5c6ccccc6c6ccccc65)c4n(C)c3cc[n+]2C)[se]c2ccccc12. The van der Waals surface area contributed by atoms with Crippen LogP contribution in [0.15, 0.2) is 103 Å². The van der Waals surface area contributed by atoms with Crippen LogP contribution in [0.2, 0.25) is 0 Å². The van der Waals surface area contributed by atoms with E-state index < -0.39 is 0 Å². The minimum absolute atomic E-state index is 0.277. The van der Waals surface area contributed by atoms with Crippen LogP contribution in [0, 0.1) is 6.92 Å². The van der Waals surface area contributed by atoms with Crippen molar-refractivity contribution in [2.75, 3.05) is 0 Å². The van der Waals surface area contributed by atoms with Gasteiger partial charge in [-0.05, 0) is 0 Å². The van der Waals surface area contributed by atoms with Gasteiger partial charge in [0.05, 0.1) is 0 Å². The summed E-state index contributed by atoms with van der Waals surface area (Å²) in [5, 5.41) is 6.64. The number of hydrogen-bond donors (Lipinski definition) is 0. The van der Waals surface area contributed by atoms with Crippen molar-refractivity contribution in [3.05, 3.63) is 109 Å². The van der Waals surface area contributed by atoms with Gasteiger partial charge in [-0.3, -0.25) is 0 Å². The second kappa shape index (κ2) is 7.94. The predicted molar refractivity (Wildman–Crippen MR) is 161 cm³/mol. The third kappa shape index (κ3) is 2.82. The first-order chi connectivity index (χ1) is 18.6. The molecule has 0 bridgehead atoms. The number of fused-ring (bicyclic) bond motifs is 7. The molecule has 0 saturated heterocycles. The van der Waals surface area contributed by atoms with E-state index in [1.165, 1.54) is 74.6 Å². The first-order valence-corrected chi connectivity index (χ1v) is 14.7. The van der Waals surface area contributed by atoms with Crippen LogP contribution in [0.5, 0.6) is 0 Å². The quantitative estimate of drug-likeness (QED) is 0.156. The summed E-state index contributed by atoms with van der Waals surface area (Å²) >= 11 is 0.277. The second-order valence-corrected chi connectivity index (χ2v) is 12.4. The fraction of sp³-hybridized carbons (Fsp3) is 0.0882. The Kier molecular flexibility index (Phi) is 4.58. The molecule has 0 aliphatic carbocycles. The molecule has 182 valence electrons. The second-order valence-electron chi connectivity index (χ2n) is 10.2. The molecule has 0 atom stereocenters. The van der Waals surface area contributed by atoms with E-state index >= 15 is 0 Å². The molecule has 0 radical (unpaired) electrons. The normalized spacial score (nSPS) is 12.1.